The maximum Gasteiger partial charge on any atom is 0.302 e. The molecule has 2 aromatic rings. The summed E-state index contributed by atoms with van der Waals surface area (Å²) in [6.07, 6.45) is 1.91. The number of aryl methyl sites for hydroxylation is 1. The van der Waals surface area contributed by atoms with Crippen LogP contribution in [0.3, 0.4) is 0 Å². The second kappa shape index (κ2) is 7.55. The molecule has 1 aromatic heterocycles. The van der Waals surface area contributed by atoms with E-state index >= 15 is 0 Å². The fourth-order valence-corrected chi connectivity index (χ4v) is 3.36. The molecule has 0 aliphatic carbocycles. The largest absolute Gasteiger partial charge is 0.461 e. The van der Waals surface area contributed by atoms with Crippen LogP contribution in [-0.2, 0) is 20.9 Å². The molecule has 0 bridgehead atoms. The summed E-state index contributed by atoms with van der Waals surface area (Å²) < 4.78 is 6.52. The third-order valence-electron chi connectivity index (χ3n) is 4.50. The first-order chi connectivity index (χ1) is 12.3. The number of ether oxygens (including phenoxy) is 1. The Kier molecular flexibility index (Phi) is 5.38. The van der Waals surface area contributed by atoms with E-state index in [-0.39, 0.29) is 42.4 Å². The molecule has 1 aromatic carbocycles. The van der Waals surface area contributed by atoms with Gasteiger partial charge in [0, 0.05) is 18.4 Å². The lowest BCUT2D eigenvalue weighted by Gasteiger charge is -2.18. The van der Waals surface area contributed by atoms with Crippen molar-refractivity contribution in [3.05, 3.63) is 39.4 Å². The molecule has 7 nitrogen and oxygen atoms in total. The van der Waals surface area contributed by atoms with E-state index in [1.807, 2.05) is 6.92 Å². The Morgan fingerprint density at radius 1 is 1.42 bits per heavy atom. The first kappa shape index (κ1) is 18.5. The summed E-state index contributed by atoms with van der Waals surface area (Å²) in [6.45, 7) is 3.79. The van der Waals surface area contributed by atoms with Gasteiger partial charge in [-0.2, -0.15) is 0 Å². The number of nitrogens with zero attached hydrogens (tertiary/aromatic N) is 2. The van der Waals surface area contributed by atoms with Crippen LogP contribution >= 0.6 is 11.6 Å². The predicted molar refractivity (Wildman–Crippen MR) is 97.3 cm³/mol. The molecule has 3 rings (SSSR count). The summed E-state index contributed by atoms with van der Waals surface area (Å²) in [6, 6.07) is 3.10. The van der Waals surface area contributed by atoms with Crippen molar-refractivity contribution in [1.29, 1.82) is 0 Å². The van der Waals surface area contributed by atoms with Gasteiger partial charge in [0.15, 0.2) is 5.78 Å². The quantitative estimate of drug-likeness (QED) is 0.796. The Labute approximate surface area is 155 Å². The third-order valence-corrected chi connectivity index (χ3v) is 4.91. The van der Waals surface area contributed by atoms with Crippen molar-refractivity contribution >= 4 is 34.3 Å². The molecule has 1 N–H and O–H groups in total. The zero-order chi connectivity index (χ0) is 18.8. The average molecular weight is 378 g/mol. The van der Waals surface area contributed by atoms with E-state index in [1.54, 1.807) is 12.1 Å². The van der Waals surface area contributed by atoms with E-state index in [2.05, 4.69) is 10.3 Å². The van der Waals surface area contributed by atoms with Crippen LogP contribution in [0.15, 0.2) is 23.3 Å². The summed E-state index contributed by atoms with van der Waals surface area (Å²) in [5.41, 5.74) is 1.08. The van der Waals surface area contributed by atoms with Gasteiger partial charge in [-0.15, -0.1) is 0 Å². The maximum absolute atomic E-state index is 12.6. The van der Waals surface area contributed by atoms with Gasteiger partial charge in [0.1, 0.15) is 6.10 Å². The zero-order valence-electron chi connectivity index (χ0n) is 14.6. The monoisotopic (exact) mass is 377 g/mol. The number of carbonyl (C=O) groups is 2. The number of halogens is 1. The first-order valence-corrected chi connectivity index (χ1v) is 8.80. The highest BCUT2D eigenvalue weighted by Crippen LogP contribution is 2.20. The van der Waals surface area contributed by atoms with Gasteiger partial charge in [0.05, 0.1) is 29.8 Å². The fourth-order valence-electron chi connectivity index (χ4n) is 3.20. The van der Waals surface area contributed by atoms with E-state index in [4.69, 9.17) is 16.3 Å². The van der Waals surface area contributed by atoms with Crippen LogP contribution in [-0.4, -0.2) is 40.0 Å². The molecular formula is C18H20ClN3O4. The summed E-state index contributed by atoms with van der Waals surface area (Å²) in [5.74, 6) is -0.499. The van der Waals surface area contributed by atoms with Crippen molar-refractivity contribution in [1.82, 2.24) is 14.9 Å². The van der Waals surface area contributed by atoms with Gasteiger partial charge in [0.2, 0.25) is 0 Å². The molecule has 0 spiro atoms. The molecule has 1 fully saturated rings. The molecule has 2 unspecified atom stereocenters. The lowest BCUT2D eigenvalue weighted by atomic mass is 10.1. The lowest BCUT2D eigenvalue weighted by molar-refractivity contribution is -0.147. The SMILES string of the molecule is CC(=O)OC1CCNC1CC(=O)Cn1cnc2cc(C)c(Cl)cc2c1=O. The number of fused-ring (bicyclic) bond motifs is 1. The molecular weight excluding hydrogens is 358 g/mol. The minimum Gasteiger partial charge on any atom is -0.461 e. The minimum absolute atomic E-state index is 0.0851. The molecule has 1 aliphatic rings. The van der Waals surface area contributed by atoms with Gasteiger partial charge in [-0.1, -0.05) is 11.6 Å². The van der Waals surface area contributed by atoms with Gasteiger partial charge in [-0.25, -0.2) is 4.98 Å². The average Bonchev–Trinajstić information content (AvgIpc) is 2.98. The third kappa shape index (κ3) is 3.94. The number of aromatic nitrogens is 2. The van der Waals surface area contributed by atoms with Gasteiger partial charge >= 0.3 is 5.97 Å². The van der Waals surface area contributed by atoms with Gasteiger partial charge in [-0.05, 0) is 37.6 Å². The highest BCUT2D eigenvalue weighted by molar-refractivity contribution is 6.32. The van der Waals surface area contributed by atoms with Crippen LogP contribution in [0.2, 0.25) is 5.02 Å². The van der Waals surface area contributed by atoms with E-state index in [0.29, 0.717) is 28.9 Å². The minimum atomic E-state index is -0.363. The molecule has 1 saturated heterocycles. The van der Waals surface area contributed by atoms with E-state index < -0.39 is 0 Å². The lowest BCUT2D eigenvalue weighted by Crippen LogP contribution is -2.36. The van der Waals surface area contributed by atoms with Crippen LogP contribution in [0.4, 0.5) is 0 Å². The Morgan fingerprint density at radius 3 is 2.92 bits per heavy atom. The summed E-state index contributed by atoms with van der Waals surface area (Å²) >= 11 is 6.10. The van der Waals surface area contributed by atoms with Crippen molar-refractivity contribution in [3.63, 3.8) is 0 Å². The Hall–Kier alpha value is -2.25. The van der Waals surface area contributed by atoms with Crippen LogP contribution in [0.25, 0.3) is 10.9 Å². The molecule has 138 valence electrons. The number of nitrogens with one attached hydrogen (secondary N) is 1. The van der Waals surface area contributed by atoms with Crippen molar-refractivity contribution in [2.24, 2.45) is 0 Å². The number of esters is 1. The summed E-state index contributed by atoms with van der Waals surface area (Å²) in [5, 5.41) is 4.04. The highest BCUT2D eigenvalue weighted by Gasteiger charge is 2.31. The molecule has 2 atom stereocenters. The van der Waals surface area contributed by atoms with Crippen molar-refractivity contribution in [3.8, 4) is 0 Å². The summed E-state index contributed by atoms with van der Waals surface area (Å²) in [7, 11) is 0. The van der Waals surface area contributed by atoms with Crippen molar-refractivity contribution < 1.29 is 14.3 Å². The summed E-state index contributed by atoms with van der Waals surface area (Å²) in [4.78, 5) is 40.4. The highest BCUT2D eigenvalue weighted by atomic mass is 35.5. The van der Waals surface area contributed by atoms with Crippen LogP contribution in [0.1, 0.15) is 25.3 Å². The standard InChI is InChI=1S/C18H20ClN3O4/c1-10-5-15-13(7-14(10)19)18(25)22(9-21-15)8-12(24)6-16-17(3-4-20-16)26-11(2)23/h5,7,9,16-17,20H,3-4,6,8H2,1-2H3. The Bertz CT molecular complexity index is 925. The smallest absolute Gasteiger partial charge is 0.302 e. The predicted octanol–water partition coefficient (Wildman–Crippen LogP) is 1.61. The fraction of sp³-hybridized carbons (Fsp3) is 0.444. The Balaban J connectivity index is 1.75. The number of hydrogen-bond acceptors (Lipinski definition) is 6. The van der Waals surface area contributed by atoms with Crippen LogP contribution in [0, 0.1) is 6.92 Å². The Morgan fingerprint density at radius 2 is 2.19 bits per heavy atom. The van der Waals surface area contributed by atoms with E-state index in [1.165, 1.54) is 17.8 Å². The first-order valence-electron chi connectivity index (χ1n) is 8.42. The van der Waals surface area contributed by atoms with Gasteiger partial charge in [-0.3, -0.25) is 19.0 Å². The number of ketones is 1. The number of carbonyl (C=O) groups excluding carboxylic acids is 2. The van der Waals surface area contributed by atoms with Gasteiger partial charge in [0.25, 0.3) is 5.56 Å². The molecule has 0 saturated carbocycles. The molecule has 26 heavy (non-hydrogen) atoms. The van der Waals surface area contributed by atoms with Crippen LogP contribution in [0.5, 0.6) is 0 Å². The topological polar surface area (TPSA) is 90.3 Å². The number of rotatable bonds is 5. The van der Waals surface area contributed by atoms with Crippen molar-refractivity contribution in [2.75, 3.05) is 6.54 Å². The van der Waals surface area contributed by atoms with Gasteiger partial charge < -0.3 is 10.1 Å². The molecule has 1 aliphatic heterocycles. The zero-order valence-corrected chi connectivity index (χ0v) is 15.4. The normalized spacial score (nSPS) is 19.7. The number of benzene rings is 1. The molecule has 0 radical (unpaired) electrons. The second-order valence-electron chi connectivity index (χ2n) is 6.54. The molecule has 0 amide bonds. The van der Waals surface area contributed by atoms with E-state index in [0.717, 1.165) is 5.56 Å². The number of Topliss-reactive ketones (excluding diaryl/α,β-unsaturated/α-hetero) is 1. The molecule has 8 heteroatoms. The van der Waals surface area contributed by atoms with Crippen molar-refractivity contribution in [2.45, 2.75) is 45.4 Å². The number of hydrogen-bond donors (Lipinski definition) is 1. The van der Waals surface area contributed by atoms with Crippen LogP contribution < -0.4 is 10.9 Å². The maximum atomic E-state index is 12.6. The van der Waals surface area contributed by atoms with E-state index in [9.17, 15) is 14.4 Å². The molecule has 2 heterocycles. The second-order valence-corrected chi connectivity index (χ2v) is 6.94.